The monoisotopic (exact) mass is 616 g/mol. The molecule has 0 radical (unpaired) electrons. The van der Waals surface area contributed by atoms with Crippen molar-refractivity contribution in [3.05, 3.63) is 0 Å². The Morgan fingerprint density at radius 1 is 0.310 bits per heavy atom. The summed E-state index contributed by atoms with van der Waals surface area (Å²) in [5.41, 5.74) is 0. The van der Waals surface area contributed by atoms with Crippen molar-refractivity contribution in [2.75, 3.05) is 33.3 Å². The van der Waals surface area contributed by atoms with E-state index in [1.165, 1.54) is 219 Å². The molecule has 0 aromatic rings. The van der Waals surface area contributed by atoms with Crippen molar-refractivity contribution in [3.8, 4) is 0 Å². The lowest BCUT2D eigenvalue weighted by atomic mass is 10.0. The van der Waals surface area contributed by atoms with Crippen LogP contribution in [-0.4, -0.2) is 42.9 Å². The van der Waals surface area contributed by atoms with Crippen LogP contribution in [0.1, 0.15) is 219 Å². The van der Waals surface area contributed by atoms with E-state index in [9.17, 15) is 5.11 Å². The van der Waals surface area contributed by atoms with Gasteiger partial charge in [-0.25, -0.2) is 0 Å². The van der Waals surface area contributed by atoms with Crippen molar-refractivity contribution in [1.82, 2.24) is 0 Å². The van der Waals surface area contributed by atoms with Crippen LogP contribution in [0.15, 0.2) is 0 Å². The van der Waals surface area contributed by atoms with E-state index in [0.29, 0.717) is 6.61 Å². The number of quaternary nitrogens is 1. The molecule has 0 fully saturated rings. The van der Waals surface area contributed by atoms with E-state index in [2.05, 4.69) is 20.9 Å². The Hall–Kier alpha value is 0.210. The highest BCUT2D eigenvalue weighted by Crippen LogP contribution is 2.17. The highest BCUT2D eigenvalue weighted by atomic mass is 35.5. The summed E-state index contributed by atoms with van der Waals surface area (Å²) in [7, 11) is 2.40. The molecular weight excluding hydrogens is 534 g/mol. The number of unbranched alkanes of at least 4 members (excludes halogenated alkanes) is 30. The van der Waals surface area contributed by atoms with E-state index in [-0.39, 0.29) is 12.4 Å². The molecule has 0 aliphatic carbocycles. The first-order valence-corrected chi connectivity index (χ1v) is 19.6. The van der Waals surface area contributed by atoms with Gasteiger partial charge in [0.25, 0.3) is 0 Å². The van der Waals surface area contributed by atoms with Crippen LogP contribution < -0.4 is 12.4 Å². The van der Waals surface area contributed by atoms with Gasteiger partial charge in [-0.2, -0.15) is 0 Å². The minimum Gasteiger partial charge on any atom is -1.00 e. The Balaban J connectivity index is 0. The molecule has 42 heavy (non-hydrogen) atoms. The fourth-order valence-corrected chi connectivity index (χ4v) is 6.66. The number of aliphatic hydroxyl groups excluding tert-OH is 1. The molecule has 2 nitrogen and oxygen atoms in total. The van der Waals surface area contributed by atoms with E-state index >= 15 is 0 Å². The van der Waals surface area contributed by atoms with Gasteiger partial charge in [0.05, 0.1) is 26.7 Å². The number of halogens is 1. The molecule has 0 spiro atoms. The molecular formula is C39H82ClNO. The van der Waals surface area contributed by atoms with Gasteiger partial charge in [-0.3, -0.25) is 0 Å². The van der Waals surface area contributed by atoms with Gasteiger partial charge in [0.15, 0.2) is 0 Å². The summed E-state index contributed by atoms with van der Waals surface area (Å²) < 4.78 is 1.09. The summed E-state index contributed by atoms with van der Waals surface area (Å²) >= 11 is 0. The van der Waals surface area contributed by atoms with E-state index in [4.69, 9.17) is 0 Å². The van der Waals surface area contributed by atoms with Gasteiger partial charge in [0.1, 0.15) is 6.54 Å². The van der Waals surface area contributed by atoms with Gasteiger partial charge in [-0.15, -0.1) is 0 Å². The molecule has 3 heteroatoms. The van der Waals surface area contributed by atoms with Gasteiger partial charge in [-0.1, -0.05) is 194 Å². The van der Waals surface area contributed by atoms with Crippen LogP contribution in [0.4, 0.5) is 0 Å². The second-order valence-electron chi connectivity index (χ2n) is 14.1. The molecule has 1 N–H and O–H groups in total. The van der Waals surface area contributed by atoms with Gasteiger partial charge in [0.2, 0.25) is 0 Å². The molecule has 0 amide bonds. The lowest BCUT2D eigenvalue weighted by Gasteiger charge is -2.34. The van der Waals surface area contributed by atoms with Crippen molar-refractivity contribution in [3.63, 3.8) is 0 Å². The highest BCUT2D eigenvalue weighted by molar-refractivity contribution is 4.53. The minimum absolute atomic E-state index is 0. The summed E-state index contributed by atoms with van der Waals surface area (Å²) in [5.74, 6) is 0. The lowest BCUT2D eigenvalue weighted by molar-refractivity contribution is -0.910. The third kappa shape index (κ3) is 34.7. The van der Waals surface area contributed by atoms with E-state index in [1.807, 2.05) is 0 Å². The topological polar surface area (TPSA) is 20.2 Å². The van der Waals surface area contributed by atoms with E-state index < -0.39 is 0 Å². The van der Waals surface area contributed by atoms with Crippen molar-refractivity contribution >= 4 is 0 Å². The SMILES string of the molecule is CCCCCCCCCCCCCCCCCC[N+](C)(CCO)CCCCCCCCCCCCCCCCCC.[Cl-]. The zero-order valence-corrected chi connectivity index (χ0v) is 30.5. The summed E-state index contributed by atoms with van der Waals surface area (Å²) in [5, 5.41) is 9.66. The van der Waals surface area contributed by atoms with Crippen LogP contribution >= 0.6 is 0 Å². The average Bonchev–Trinajstić information content (AvgIpc) is 2.97. The lowest BCUT2D eigenvalue weighted by Crippen LogP contribution is -3.00. The van der Waals surface area contributed by atoms with Crippen LogP contribution in [-0.2, 0) is 0 Å². The highest BCUT2D eigenvalue weighted by Gasteiger charge is 2.19. The Morgan fingerprint density at radius 2 is 0.500 bits per heavy atom. The van der Waals surface area contributed by atoms with Crippen LogP contribution in [0.5, 0.6) is 0 Å². The number of rotatable bonds is 36. The molecule has 0 atom stereocenters. The average molecular weight is 617 g/mol. The maximum Gasteiger partial charge on any atom is 0.102 e. The second-order valence-corrected chi connectivity index (χ2v) is 14.1. The fourth-order valence-electron chi connectivity index (χ4n) is 6.66. The third-order valence-corrected chi connectivity index (χ3v) is 9.74. The smallest absolute Gasteiger partial charge is 0.102 e. The Morgan fingerprint density at radius 3 is 0.690 bits per heavy atom. The van der Waals surface area contributed by atoms with Gasteiger partial charge in [0, 0.05) is 0 Å². The van der Waals surface area contributed by atoms with Crippen LogP contribution in [0.2, 0.25) is 0 Å². The summed E-state index contributed by atoms with van der Waals surface area (Å²) in [6.07, 6.45) is 45.9. The first-order valence-electron chi connectivity index (χ1n) is 19.6. The maximum atomic E-state index is 9.66. The molecule has 0 heterocycles. The minimum atomic E-state index is 0. The molecule has 0 saturated heterocycles. The van der Waals surface area contributed by atoms with E-state index in [0.717, 1.165) is 11.0 Å². The third-order valence-electron chi connectivity index (χ3n) is 9.74. The predicted octanol–water partition coefficient (Wildman–Crippen LogP) is 9.95. The molecule has 0 saturated carbocycles. The molecule has 0 rings (SSSR count). The Labute approximate surface area is 274 Å². The Bertz CT molecular complexity index is 435. The van der Waals surface area contributed by atoms with Crippen molar-refractivity contribution in [1.29, 1.82) is 0 Å². The quantitative estimate of drug-likeness (QED) is 0.0549. The number of nitrogens with zero attached hydrogens (tertiary/aromatic N) is 1. The molecule has 0 aromatic heterocycles. The zero-order chi connectivity index (χ0) is 30.0. The van der Waals surface area contributed by atoms with Gasteiger partial charge in [-0.05, 0) is 25.7 Å². The van der Waals surface area contributed by atoms with E-state index in [1.54, 1.807) is 0 Å². The Kier molecular flexibility index (Phi) is 39.5. The number of aliphatic hydroxyl groups is 1. The molecule has 0 unspecified atom stereocenters. The number of hydrogen-bond acceptors (Lipinski definition) is 1. The largest absolute Gasteiger partial charge is 1.00 e. The molecule has 0 aliphatic heterocycles. The van der Waals surface area contributed by atoms with Crippen LogP contribution in [0.3, 0.4) is 0 Å². The first kappa shape index (κ1) is 44.3. The van der Waals surface area contributed by atoms with Crippen molar-refractivity contribution < 1.29 is 22.0 Å². The maximum absolute atomic E-state index is 9.66. The molecule has 0 bridgehead atoms. The van der Waals surface area contributed by atoms with Crippen molar-refractivity contribution in [2.45, 2.75) is 219 Å². The predicted molar refractivity (Wildman–Crippen MR) is 187 cm³/mol. The molecule has 0 aliphatic rings. The fraction of sp³-hybridized carbons (Fsp3) is 1.00. The van der Waals surface area contributed by atoms with Gasteiger partial charge >= 0.3 is 0 Å². The van der Waals surface area contributed by atoms with Gasteiger partial charge < -0.3 is 22.0 Å². The molecule has 256 valence electrons. The second kappa shape index (κ2) is 37.4. The normalized spacial score (nSPS) is 11.7. The summed E-state index contributed by atoms with van der Waals surface area (Å²) in [4.78, 5) is 0. The zero-order valence-electron chi connectivity index (χ0n) is 29.7. The summed E-state index contributed by atoms with van der Waals surface area (Å²) in [6, 6.07) is 0. The molecule has 0 aromatic carbocycles. The number of hydrogen-bond donors (Lipinski definition) is 1. The van der Waals surface area contributed by atoms with Crippen molar-refractivity contribution in [2.24, 2.45) is 0 Å². The standard InChI is InChI=1S/C39H82NO.ClH/c1-4-6-8-10-12-14-16-18-20-22-24-26-28-30-32-34-36-40(3,38-39-41)37-35-33-31-29-27-25-23-21-19-17-15-13-11-9-7-5-2;/h41H,4-39H2,1-3H3;1H/q+1;/p-1. The number of likely N-dealkylation sites (N-methyl/N-ethyl adjacent to an activating group) is 1. The first-order chi connectivity index (χ1) is 20.2. The van der Waals surface area contributed by atoms with Crippen LogP contribution in [0.25, 0.3) is 0 Å². The summed E-state index contributed by atoms with van der Waals surface area (Å²) in [6.45, 7) is 8.41. The van der Waals surface area contributed by atoms with Crippen LogP contribution in [0, 0.1) is 0 Å².